The Kier molecular flexibility index (Phi) is 4.13. The van der Waals surface area contributed by atoms with Crippen LogP contribution in [-0.2, 0) is 6.42 Å². The van der Waals surface area contributed by atoms with E-state index >= 15 is 0 Å². The molecule has 3 aliphatic rings. The van der Waals surface area contributed by atoms with Crippen LogP contribution in [0.2, 0.25) is 0 Å². The summed E-state index contributed by atoms with van der Waals surface area (Å²) in [4.78, 5) is 10.9. The molecule has 1 aromatic carbocycles. The van der Waals surface area contributed by atoms with Crippen molar-refractivity contribution in [3.63, 3.8) is 0 Å². The van der Waals surface area contributed by atoms with Crippen molar-refractivity contribution in [1.29, 1.82) is 0 Å². The molecule has 3 heterocycles. The fourth-order valence-corrected chi connectivity index (χ4v) is 6.62. The summed E-state index contributed by atoms with van der Waals surface area (Å²) >= 11 is 2.03. The first-order valence-corrected chi connectivity index (χ1v) is 10.4. The maximum Gasteiger partial charge on any atom is 0.0574 e. The average Bonchev–Trinajstić information content (AvgIpc) is 3.00. The first-order valence-electron chi connectivity index (χ1n) is 9.55. The number of hydrogen-bond acceptors (Lipinski definition) is 3. The van der Waals surface area contributed by atoms with Gasteiger partial charge >= 0.3 is 0 Å². The largest absolute Gasteiger partial charge is 0.261 e. The van der Waals surface area contributed by atoms with Crippen molar-refractivity contribution < 1.29 is 0 Å². The van der Waals surface area contributed by atoms with Crippen LogP contribution in [0.4, 0.5) is 0 Å². The number of allylic oxidation sites excluding steroid dienone is 5. The standard InChI is InChI=1S/C24H22N2S/c1-17-21(16-19-10-5-6-14-25-19)27-23-13-15-26-22-12-7-11-20(24(17,22)23)18-8-3-2-4-9-18/h2-15,17,20-21H,16H2,1H3. The first kappa shape index (κ1) is 16.8. The summed E-state index contributed by atoms with van der Waals surface area (Å²) in [5.74, 6) is 0.785. The van der Waals surface area contributed by atoms with Crippen molar-refractivity contribution in [3.8, 4) is 0 Å². The van der Waals surface area contributed by atoms with Gasteiger partial charge in [0.2, 0.25) is 0 Å². The van der Waals surface area contributed by atoms with Crippen LogP contribution in [0.25, 0.3) is 0 Å². The smallest absolute Gasteiger partial charge is 0.0574 e. The molecular weight excluding hydrogens is 348 g/mol. The van der Waals surface area contributed by atoms with E-state index in [1.807, 2.05) is 30.2 Å². The van der Waals surface area contributed by atoms with Crippen LogP contribution in [0.15, 0.2) is 94.6 Å². The quantitative estimate of drug-likeness (QED) is 0.706. The lowest BCUT2D eigenvalue weighted by atomic mass is 9.59. The van der Waals surface area contributed by atoms with Gasteiger partial charge in [-0.2, -0.15) is 0 Å². The number of nitrogens with zero attached hydrogens (tertiary/aromatic N) is 2. The second-order valence-electron chi connectivity index (χ2n) is 7.47. The second kappa shape index (κ2) is 6.65. The van der Waals surface area contributed by atoms with Crippen LogP contribution in [0.5, 0.6) is 0 Å². The van der Waals surface area contributed by atoms with Gasteiger partial charge in [0.1, 0.15) is 0 Å². The zero-order valence-corrected chi connectivity index (χ0v) is 16.1. The molecule has 0 saturated carbocycles. The highest BCUT2D eigenvalue weighted by atomic mass is 32.2. The Hall–Kier alpha value is -2.39. The maximum absolute atomic E-state index is 4.83. The van der Waals surface area contributed by atoms with E-state index in [0.29, 0.717) is 17.1 Å². The molecule has 134 valence electrons. The molecule has 1 aliphatic carbocycles. The number of aromatic nitrogens is 1. The van der Waals surface area contributed by atoms with E-state index in [4.69, 9.17) is 4.99 Å². The van der Waals surface area contributed by atoms with E-state index in [2.05, 4.69) is 78.7 Å². The van der Waals surface area contributed by atoms with E-state index in [9.17, 15) is 0 Å². The second-order valence-corrected chi connectivity index (χ2v) is 8.75. The third kappa shape index (κ3) is 2.56. The fourth-order valence-electron chi connectivity index (χ4n) is 4.87. The molecule has 4 atom stereocenters. The Morgan fingerprint density at radius 1 is 1.04 bits per heavy atom. The molecule has 1 fully saturated rings. The van der Waals surface area contributed by atoms with Crippen molar-refractivity contribution in [2.45, 2.75) is 24.5 Å². The summed E-state index contributed by atoms with van der Waals surface area (Å²) in [6.07, 6.45) is 13.9. The molecule has 2 nitrogen and oxygen atoms in total. The summed E-state index contributed by atoms with van der Waals surface area (Å²) in [6, 6.07) is 17.1. The predicted octanol–water partition coefficient (Wildman–Crippen LogP) is 5.57. The Morgan fingerprint density at radius 2 is 1.89 bits per heavy atom. The molecule has 27 heavy (non-hydrogen) atoms. The molecule has 0 bridgehead atoms. The van der Waals surface area contributed by atoms with E-state index in [1.165, 1.54) is 21.9 Å². The molecule has 4 unspecified atom stereocenters. The van der Waals surface area contributed by atoms with Gasteiger partial charge in [0.15, 0.2) is 0 Å². The van der Waals surface area contributed by atoms with Crippen molar-refractivity contribution in [2.24, 2.45) is 16.3 Å². The molecule has 0 amide bonds. The normalized spacial score (nSPS) is 31.1. The molecule has 2 aliphatic heterocycles. The molecule has 0 radical (unpaired) electrons. The number of rotatable bonds is 3. The highest BCUT2D eigenvalue weighted by molar-refractivity contribution is 8.04. The molecule has 3 heteroatoms. The monoisotopic (exact) mass is 370 g/mol. The van der Waals surface area contributed by atoms with Gasteiger partial charge in [-0.05, 0) is 35.8 Å². The minimum atomic E-state index is -0.0605. The number of dihydropyridines is 1. The SMILES string of the molecule is CC1C(Cc2ccccn2)SC2=CC=NC3=CC=CC(c4ccccc4)C321. The molecule has 1 saturated heterocycles. The van der Waals surface area contributed by atoms with Gasteiger partial charge in [-0.1, -0.05) is 55.5 Å². The fraction of sp³-hybridized carbons (Fsp3) is 0.250. The number of thioether (sulfide) groups is 1. The lowest BCUT2D eigenvalue weighted by molar-refractivity contribution is 0.266. The minimum Gasteiger partial charge on any atom is -0.261 e. The molecule has 5 rings (SSSR count). The lowest BCUT2D eigenvalue weighted by Gasteiger charge is -2.44. The molecule has 0 N–H and O–H groups in total. The van der Waals surface area contributed by atoms with Crippen molar-refractivity contribution >= 4 is 18.0 Å². The number of benzene rings is 1. The van der Waals surface area contributed by atoms with Crippen LogP contribution < -0.4 is 0 Å². The van der Waals surface area contributed by atoms with E-state index in [1.54, 1.807) is 0 Å². The first-order chi connectivity index (χ1) is 13.3. The van der Waals surface area contributed by atoms with Crippen molar-refractivity contribution in [1.82, 2.24) is 4.98 Å². The number of pyridine rings is 1. The van der Waals surface area contributed by atoms with Gasteiger partial charge < -0.3 is 0 Å². The van der Waals surface area contributed by atoms with E-state index in [0.717, 1.165) is 6.42 Å². The lowest BCUT2D eigenvalue weighted by Crippen LogP contribution is -2.39. The van der Waals surface area contributed by atoms with Gasteiger partial charge in [-0.3, -0.25) is 9.98 Å². The van der Waals surface area contributed by atoms with Crippen LogP contribution in [0.1, 0.15) is 24.1 Å². The van der Waals surface area contributed by atoms with Gasteiger partial charge in [0.25, 0.3) is 0 Å². The van der Waals surface area contributed by atoms with E-state index < -0.39 is 0 Å². The highest BCUT2D eigenvalue weighted by Gasteiger charge is 2.57. The zero-order chi connectivity index (χ0) is 18.3. The summed E-state index contributed by atoms with van der Waals surface area (Å²) in [5, 5.41) is 0.494. The van der Waals surface area contributed by atoms with Crippen LogP contribution >= 0.6 is 11.8 Å². The van der Waals surface area contributed by atoms with Gasteiger partial charge in [0, 0.05) is 40.6 Å². The number of hydrogen-bond donors (Lipinski definition) is 0. The van der Waals surface area contributed by atoms with Crippen LogP contribution in [0.3, 0.4) is 0 Å². The topological polar surface area (TPSA) is 25.2 Å². The molecule has 1 spiro atoms. The minimum absolute atomic E-state index is 0.0605. The van der Waals surface area contributed by atoms with Crippen LogP contribution in [-0.4, -0.2) is 16.4 Å². The van der Waals surface area contributed by atoms with Gasteiger partial charge in [-0.15, -0.1) is 11.8 Å². The summed E-state index contributed by atoms with van der Waals surface area (Å²) in [6.45, 7) is 2.41. The van der Waals surface area contributed by atoms with Crippen molar-refractivity contribution in [3.05, 3.63) is 101 Å². The third-order valence-electron chi connectivity index (χ3n) is 6.17. The average molecular weight is 371 g/mol. The number of aliphatic imine (C=N–C) groups is 1. The molecule has 1 aromatic heterocycles. The van der Waals surface area contributed by atoms with Gasteiger partial charge in [-0.25, -0.2) is 0 Å². The Labute approximate surface area is 164 Å². The Morgan fingerprint density at radius 3 is 2.70 bits per heavy atom. The third-order valence-corrected chi connectivity index (χ3v) is 7.77. The molecule has 2 aromatic rings. The summed E-state index contributed by atoms with van der Waals surface area (Å²) in [5.41, 5.74) is 3.69. The molecular formula is C24H22N2S. The summed E-state index contributed by atoms with van der Waals surface area (Å²) < 4.78 is 0. The van der Waals surface area contributed by atoms with Crippen LogP contribution in [0, 0.1) is 11.3 Å². The predicted molar refractivity (Wildman–Crippen MR) is 114 cm³/mol. The zero-order valence-electron chi connectivity index (χ0n) is 15.3. The Bertz CT molecular complexity index is 958. The van der Waals surface area contributed by atoms with Crippen molar-refractivity contribution in [2.75, 3.05) is 0 Å². The maximum atomic E-state index is 4.83. The Balaban J connectivity index is 1.59. The summed E-state index contributed by atoms with van der Waals surface area (Å²) in [7, 11) is 0. The highest BCUT2D eigenvalue weighted by Crippen LogP contribution is 2.67. The van der Waals surface area contributed by atoms with E-state index in [-0.39, 0.29) is 5.41 Å². The van der Waals surface area contributed by atoms with Gasteiger partial charge in [0.05, 0.1) is 11.1 Å².